The summed E-state index contributed by atoms with van der Waals surface area (Å²) in [6.07, 6.45) is -2.08. The lowest BCUT2D eigenvalue weighted by Crippen LogP contribution is -2.51. The Morgan fingerprint density at radius 1 is 1.16 bits per heavy atom. The van der Waals surface area contributed by atoms with E-state index in [0.717, 1.165) is 16.9 Å². The first-order valence-corrected chi connectivity index (χ1v) is 12.3. The van der Waals surface area contributed by atoms with Gasteiger partial charge < -0.3 is 9.64 Å². The number of aromatic nitrogens is 6. The van der Waals surface area contributed by atoms with Gasteiger partial charge in [0.05, 0.1) is 35.6 Å². The molecule has 10 nitrogen and oxygen atoms in total. The second-order valence-corrected chi connectivity index (χ2v) is 9.90. The molecule has 1 unspecified atom stereocenters. The van der Waals surface area contributed by atoms with Crippen molar-refractivity contribution < 1.29 is 40.1 Å². The Balaban J connectivity index is 1.62. The predicted molar refractivity (Wildman–Crippen MR) is 119 cm³/mol. The Hall–Kier alpha value is -3.76. The first-order chi connectivity index (χ1) is 17.9. The molecular weight excluding hydrogens is 544 g/mol. The topological polar surface area (TPSA) is 107 Å². The van der Waals surface area contributed by atoms with E-state index in [0.29, 0.717) is 0 Å². The van der Waals surface area contributed by atoms with Crippen molar-refractivity contribution in [2.24, 2.45) is 0 Å². The molecule has 5 heterocycles. The van der Waals surface area contributed by atoms with Crippen molar-refractivity contribution in [1.29, 1.82) is 0 Å². The van der Waals surface area contributed by atoms with E-state index in [1.807, 2.05) is 0 Å². The predicted octanol–water partition coefficient (Wildman–Crippen LogP) is 2.94. The molecule has 4 aromatic heterocycles. The molecule has 17 heteroatoms. The molecule has 0 radical (unpaired) electrons. The van der Waals surface area contributed by atoms with Gasteiger partial charge in [-0.15, -0.1) is 0 Å². The monoisotopic (exact) mass is 561 g/mol. The summed E-state index contributed by atoms with van der Waals surface area (Å²) in [6.45, 7) is -0.545. The molecule has 4 aromatic rings. The fourth-order valence-corrected chi connectivity index (χ4v) is 4.63. The Morgan fingerprint density at radius 3 is 2.55 bits per heavy atom. The van der Waals surface area contributed by atoms with Crippen LogP contribution >= 0.6 is 0 Å². The molecule has 0 bridgehead atoms. The average Bonchev–Trinajstić information content (AvgIpc) is 3.45. The van der Waals surface area contributed by atoms with Crippen molar-refractivity contribution >= 4 is 27.9 Å². The van der Waals surface area contributed by atoms with Crippen molar-refractivity contribution in [2.45, 2.75) is 30.2 Å². The fourth-order valence-electron chi connectivity index (χ4n) is 3.77. The molecule has 5 rings (SSSR count). The van der Waals surface area contributed by atoms with Crippen molar-refractivity contribution in [1.82, 2.24) is 33.9 Å². The van der Waals surface area contributed by atoms with Crippen LogP contribution in [0.15, 0.2) is 35.9 Å². The smallest absolute Gasteiger partial charge is 0.456 e. The highest BCUT2D eigenvalue weighted by Crippen LogP contribution is 2.37. The molecule has 1 amide bonds. The van der Waals surface area contributed by atoms with E-state index in [4.69, 9.17) is 4.74 Å². The van der Waals surface area contributed by atoms with Gasteiger partial charge in [0.2, 0.25) is 5.88 Å². The fraction of sp³-hybridized carbons (Fsp3) is 0.381. The van der Waals surface area contributed by atoms with Crippen LogP contribution in [0, 0.1) is 0 Å². The Labute approximate surface area is 211 Å². The average molecular weight is 561 g/mol. The number of nitrogens with zero attached hydrogens (tertiary/aromatic N) is 7. The number of carbonyl (C=O) groups excluding carboxylic acids is 1. The van der Waals surface area contributed by atoms with Gasteiger partial charge in [0.1, 0.15) is 17.4 Å². The van der Waals surface area contributed by atoms with Gasteiger partial charge in [0, 0.05) is 24.3 Å². The van der Waals surface area contributed by atoms with Gasteiger partial charge in [-0.05, 0) is 6.07 Å². The zero-order chi connectivity index (χ0) is 27.4. The molecule has 1 saturated heterocycles. The maximum atomic E-state index is 13.4. The molecule has 1 atom stereocenters. The zero-order valence-electron chi connectivity index (χ0n) is 19.3. The molecule has 38 heavy (non-hydrogen) atoms. The van der Waals surface area contributed by atoms with Crippen LogP contribution in [0.25, 0.3) is 22.6 Å². The SMILES string of the molecule is CCS(=O)c1nn2c(C(=O)N3CC(F)C3)ccnc2c1-c1ncc2c(OCC(F)(F)C(F)(F)F)nccn12. The second-order valence-electron chi connectivity index (χ2n) is 8.25. The van der Waals surface area contributed by atoms with Crippen LogP contribution < -0.4 is 4.74 Å². The van der Waals surface area contributed by atoms with Crippen LogP contribution in [0.3, 0.4) is 0 Å². The lowest BCUT2D eigenvalue weighted by Gasteiger charge is -2.34. The van der Waals surface area contributed by atoms with Gasteiger partial charge in [-0.3, -0.25) is 13.4 Å². The summed E-state index contributed by atoms with van der Waals surface area (Å²) in [5, 5.41) is 4.34. The number of likely N-dealkylation sites (tertiary alicyclic amines) is 1. The second kappa shape index (κ2) is 9.21. The van der Waals surface area contributed by atoms with E-state index < -0.39 is 47.5 Å². The maximum absolute atomic E-state index is 13.4. The molecule has 0 spiro atoms. The van der Waals surface area contributed by atoms with E-state index in [2.05, 4.69) is 20.1 Å². The minimum Gasteiger partial charge on any atom is -0.469 e. The van der Waals surface area contributed by atoms with Gasteiger partial charge >= 0.3 is 12.1 Å². The number of fused-ring (bicyclic) bond motifs is 2. The highest BCUT2D eigenvalue weighted by atomic mass is 32.2. The number of halogens is 6. The number of amides is 1. The Bertz CT molecular complexity index is 1560. The molecule has 1 aliphatic heterocycles. The van der Waals surface area contributed by atoms with E-state index in [-0.39, 0.29) is 52.1 Å². The molecule has 0 aliphatic carbocycles. The largest absolute Gasteiger partial charge is 0.469 e. The number of hydrogen-bond donors (Lipinski definition) is 0. The van der Waals surface area contributed by atoms with Crippen LogP contribution in [-0.2, 0) is 10.8 Å². The summed E-state index contributed by atoms with van der Waals surface area (Å²) in [5.74, 6) is -6.02. The number of imidazole rings is 1. The summed E-state index contributed by atoms with van der Waals surface area (Å²) < 4.78 is 97.9. The highest BCUT2D eigenvalue weighted by molar-refractivity contribution is 7.85. The van der Waals surface area contributed by atoms with Crippen LogP contribution in [-0.4, -0.2) is 87.7 Å². The van der Waals surface area contributed by atoms with E-state index >= 15 is 0 Å². The zero-order valence-corrected chi connectivity index (χ0v) is 20.1. The number of carbonyl (C=O) groups is 1. The molecular formula is C21H17F6N7O3S. The third kappa shape index (κ3) is 4.23. The Morgan fingerprint density at radius 2 is 1.89 bits per heavy atom. The molecule has 0 saturated carbocycles. The van der Waals surface area contributed by atoms with Crippen LogP contribution in [0.5, 0.6) is 5.88 Å². The van der Waals surface area contributed by atoms with Gasteiger partial charge in [-0.25, -0.2) is 23.9 Å². The molecule has 0 N–H and O–H groups in total. The molecule has 0 aromatic carbocycles. The standard InChI is InChI=1S/C21H17F6N7O3S/c1-2-38(36)18-14(16-28-4-3-12(34(16)31-18)19(35)32-8-11(22)9-32)15-30-7-13-17(29-5-6-33(13)15)37-10-20(23,24)21(25,26)27/h3-7,11H,2,8-10H2,1H3. The van der Waals surface area contributed by atoms with Gasteiger partial charge in [-0.1, -0.05) is 6.92 Å². The number of ether oxygens (including phenoxy) is 1. The lowest BCUT2D eigenvalue weighted by molar-refractivity contribution is -0.290. The molecule has 1 aliphatic rings. The normalized spacial score (nSPS) is 15.7. The minimum atomic E-state index is -5.82. The third-order valence-corrected chi connectivity index (χ3v) is 7.00. The summed E-state index contributed by atoms with van der Waals surface area (Å²) in [7, 11) is -1.70. The Kier molecular flexibility index (Phi) is 6.27. The highest BCUT2D eigenvalue weighted by Gasteiger charge is 2.58. The quantitative estimate of drug-likeness (QED) is 0.320. The summed E-state index contributed by atoms with van der Waals surface area (Å²) in [4.78, 5) is 26.4. The lowest BCUT2D eigenvalue weighted by atomic mass is 10.1. The van der Waals surface area contributed by atoms with Crippen LogP contribution in [0.1, 0.15) is 17.4 Å². The summed E-state index contributed by atoms with van der Waals surface area (Å²) in [6, 6.07) is 1.37. The van der Waals surface area contributed by atoms with E-state index in [9.17, 15) is 35.3 Å². The van der Waals surface area contributed by atoms with Crippen molar-refractivity contribution in [3.63, 3.8) is 0 Å². The number of hydrogen-bond acceptors (Lipinski definition) is 7. The number of rotatable bonds is 7. The van der Waals surface area contributed by atoms with Crippen molar-refractivity contribution in [3.8, 4) is 17.3 Å². The summed E-state index contributed by atoms with van der Waals surface area (Å²) >= 11 is 0. The van der Waals surface area contributed by atoms with Gasteiger partial charge in [-0.2, -0.15) is 27.1 Å². The van der Waals surface area contributed by atoms with Crippen LogP contribution in [0.4, 0.5) is 26.3 Å². The first kappa shape index (κ1) is 25.9. The molecule has 202 valence electrons. The van der Waals surface area contributed by atoms with Crippen molar-refractivity contribution in [3.05, 3.63) is 36.5 Å². The minimum absolute atomic E-state index is 0.00242. The first-order valence-electron chi connectivity index (χ1n) is 11.0. The summed E-state index contributed by atoms with van der Waals surface area (Å²) in [5.41, 5.74) is 0.170. The van der Waals surface area contributed by atoms with Crippen molar-refractivity contribution in [2.75, 3.05) is 25.4 Å². The van der Waals surface area contributed by atoms with Gasteiger partial charge in [0.25, 0.3) is 5.91 Å². The maximum Gasteiger partial charge on any atom is 0.456 e. The van der Waals surface area contributed by atoms with E-state index in [1.165, 1.54) is 27.8 Å². The number of alkyl halides is 6. The van der Waals surface area contributed by atoms with Crippen LogP contribution in [0.2, 0.25) is 0 Å². The van der Waals surface area contributed by atoms with Gasteiger partial charge in [0.15, 0.2) is 23.1 Å². The molecule has 1 fully saturated rings. The van der Waals surface area contributed by atoms with E-state index in [1.54, 1.807) is 6.92 Å². The third-order valence-electron chi connectivity index (χ3n) is 5.76.